The van der Waals surface area contributed by atoms with E-state index >= 15 is 0 Å². The molecule has 6 nitrogen and oxygen atoms in total. The number of hydrazone groups is 1. The molecule has 1 N–H and O–H groups in total. The standard InChI is InChI=1S/C26H19ClN2O4/c27-23-13-4-3-12-22(23)26(31)33-20-10-5-7-18(15-20)16-28-29-25(30)17-32-24-14-6-9-19-8-1-2-11-21(19)24/h1-16H,17H2,(H,29,30). The van der Waals surface area contributed by atoms with Gasteiger partial charge in [0.2, 0.25) is 0 Å². The monoisotopic (exact) mass is 458 g/mol. The van der Waals surface area contributed by atoms with Gasteiger partial charge in [-0.2, -0.15) is 5.10 Å². The van der Waals surface area contributed by atoms with Gasteiger partial charge in [-0.25, -0.2) is 10.2 Å². The third-order valence-electron chi connectivity index (χ3n) is 4.67. The zero-order valence-electron chi connectivity index (χ0n) is 17.4. The summed E-state index contributed by atoms with van der Waals surface area (Å²) in [5.74, 6) is -0.0104. The second-order valence-electron chi connectivity index (χ2n) is 7.00. The van der Waals surface area contributed by atoms with Gasteiger partial charge in [0.05, 0.1) is 16.8 Å². The summed E-state index contributed by atoms with van der Waals surface area (Å²) in [6.45, 7) is -0.180. The Bertz CT molecular complexity index is 1330. The second-order valence-corrected chi connectivity index (χ2v) is 7.41. The zero-order chi connectivity index (χ0) is 23.0. The predicted molar refractivity (Wildman–Crippen MR) is 128 cm³/mol. The number of esters is 1. The molecule has 1 amide bonds. The Morgan fingerprint density at radius 1 is 0.909 bits per heavy atom. The highest BCUT2D eigenvalue weighted by Gasteiger charge is 2.12. The molecule has 0 saturated heterocycles. The SMILES string of the molecule is O=C(COc1cccc2ccccc12)NN=Cc1cccc(OC(=O)c2ccccc2Cl)c1. The average Bonchev–Trinajstić information content (AvgIpc) is 2.83. The van der Waals surface area contributed by atoms with Gasteiger partial charge in [0.25, 0.3) is 5.91 Å². The summed E-state index contributed by atoms with van der Waals surface area (Å²) in [5.41, 5.74) is 3.33. The summed E-state index contributed by atoms with van der Waals surface area (Å²) in [6.07, 6.45) is 1.45. The molecule has 0 unspecified atom stereocenters. The lowest BCUT2D eigenvalue weighted by Crippen LogP contribution is -2.24. The van der Waals surface area contributed by atoms with E-state index in [9.17, 15) is 9.59 Å². The number of rotatable bonds is 7. The lowest BCUT2D eigenvalue weighted by atomic mass is 10.1. The van der Waals surface area contributed by atoms with Crippen LogP contribution in [0.15, 0.2) is 96.1 Å². The number of fused-ring (bicyclic) bond motifs is 1. The third kappa shape index (κ3) is 5.75. The first kappa shape index (κ1) is 22.0. The Hall–Kier alpha value is -4.16. The minimum atomic E-state index is -0.562. The van der Waals surface area contributed by atoms with E-state index in [1.54, 1.807) is 48.5 Å². The molecular weight excluding hydrogens is 440 g/mol. The van der Waals surface area contributed by atoms with Gasteiger partial charge in [-0.15, -0.1) is 0 Å². The normalized spacial score (nSPS) is 10.8. The summed E-state index contributed by atoms with van der Waals surface area (Å²) in [6, 6.07) is 26.8. The first-order chi connectivity index (χ1) is 16.1. The maximum Gasteiger partial charge on any atom is 0.345 e. The highest BCUT2D eigenvalue weighted by Crippen LogP contribution is 2.25. The highest BCUT2D eigenvalue weighted by atomic mass is 35.5. The Balaban J connectivity index is 1.32. The molecule has 7 heteroatoms. The summed E-state index contributed by atoms with van der Waals surface area (Å²) in [5, 5.41) is 6.22. The number of amides is 1. The van der Waals surface area contributed by atoms with Crippen LogP contribution in [0.3, 0.4) is 0 Å². The summed E-state index contributed by atoms with van der Waals surface area (Å²) in [7, 11) is 0. The summed E-state index contributed by atoms with van der Waals surface area (Å²) in [4.78, 5) is 24.4. The number of hydrogen-bond donors (Lipinski definition) is 1. The van der Waals surface area contributed by atoms with Crippen LogP contribution in [-0.4, -0.2) is 24.7 Å². The molecule has 33 heavy (non-hydrogen) atoms. The minimum absolute atomic E-state index is 0.180. The van der Waals surface area contributed by atoms with Crippen molar-refractivity contribution in [1.29, 1.82) is 0 Å². The zero-order valence-corrected chi connectivity index (χ0v) is 18.2. The Morgan fingerprint density at radius 3 is 2.55 bits per heavy atom. The van der Waals surface area contributed by atoms with Crippen LogP contribution in [-0.2, 0) is 4.79 Å². The minimum Gasteiger partial charge on any atom is -0.483 e. The van der Waals surface area contributed by atoms with Crippen LogP contribution in [0, 0.1) is 0 Å². The number of carbonyl (C=O) groups excluding carboxylic acids is 2. The van der Waals surface area contributed by atoms with Gasteiger partial charge in [-0.05, 0) is 41.3 Å². The largest absolute Gasteiger partial charge is 0.483 e. The van der Waals surface area contributed by atoms with Crippen molar-refractivity contribution in [1.82, 2.24) is 5.43 Å². The molecule has 0 saturated carbocycles. The van der Waals surface area contributed by atoms with Crippen molar-refractivity contribution in [2.24, 2.45) is 5.10 Å². The van der Waals surface area contributed by atoms with Crippen molar-refractivity contribution in [3.63, 3.8) is 0 Å². The Morgan fingerprint density at radius 2 is 1.67 bits per heavy atom. The van der Waals surface area contributed by atoms with Crippen LogP contribution < -0.4 is 14.9 Å². The molecule has 0 heterocycles. The number of benzene rings is 4. The van der Waals surface area contributed by atoms with E-state index in [0.29, 0.717) is 22.1 Å². The van der Waals surface area contributed by atoms with Crippen molar-refractivity contribution >= 4 is 40.5 Å². The van der Waals surface area contributed by atoms with E-state index in [1.165, 1.54) is 6.21 Å². The van der Waals surface area contributed by atoms with Crippen molar-refractivity contribution < 1.29 is 19.1 Å². The molecule has 4 aromatic rings. The lowest BCUT2D eigenvalue weighted by molar-refractivity contribution is -0.123. The van der Waals surface area contributed by atoms with Gasteiger partial charge in [-0.3, -0.25) is 4.79 Å². The fraction of sp³-hybridized carbons (Fsp3) is 0.0385. The molecule has 0 bridgehead atoms. The van der Waals surface area contributed by atoms with Gasteiger partial charge in [-0.1, -0.05) is 72.3 Å². The van der Waals surface area contributed by atoms with Crippen LogP contribution in [0.4, 0.5) is 0 Å². The number of nitrogens with zero attached hydrogens (tertiary/aromatic N) is 1. The molecule has 4 aromatic carbocycles. The molecule has 0 atom stereocenters. The molecule has 0 aliphatic rings. The molecule has 0 spiro atoms. The van der Waals surface area contributed by atoms with Gasteiger partial charge in [0.15, 0.2) is 6.61 Å². The number of ether oxygens (including phenoxy) is 2. The first-order valence-corrected chi connectivity index (χ1v) is 10.5. The van der Waals surface area contributed by atoms with Gasteiger partial charge in [0.1, 0.15) is 11.5 Å². The van der Waals surface area contributed by atoms with Gasteiger partial charge >= 0.3 is 5.97 Å². The van der Waals surface area contributed by atoms with E-state index in [1.807, 2.05) is 42.5 Å². The van der Waals surface area contributed by atoms with E-state index in [2.05, 4.69) is 10.5 Å². The van der Waals surface area contributed by atoms with E-state index in [-0.39, 0.29) is 12.2 Å². The second kappa shape index (κ2) is 10.4. The summed E-state index contributed by atoms with van der Waals surface area (Å²) >= 11 is 6.04. The molecule has 0 aliphatic carbocycles. The first-order valence-electron chi connectivity index (χ1n) is 10.1. The predicted octanol–water partition coefficient (Wildman–Crippen LogP) is 5.24. The smallest absolute Gasteiger partial charge is 0.345 e. The molecule has 0 aliphatic heterocycles. The topological polar surface area (TPSA) is 77.0 Å². The maximum absolute atomic E-state index is 12.3. The highest BCUT2D eigenvalue weighted by molar-refractivity contribution is 6.33. The van der Waals surface area contributed by atoms with Crippen LogP contribution in [0.25, 0.3) is 10.8 Å². The van der Waals surface area contributed by atoms with E-state index in [0.717, 1.165) is 10.8 Å². The quantitative estimate of drug-likeness (QED) is 0.178. The van der Waals surface area contributed by atoms with Crippen molar-refractivity contribution in [3.8, 4) is 11.5 Å². The number of nitrogens with one attached hydrogen (secondary N) is 1. The molecular formula is C26H19ClN2O4. The molecule has 4 rings (SSSR count). The Labute approximate surface area is 195 Å². The fourth-order valence-corrected chi connectivity index (χ4v) is 3.34. The van der Waals surface area contributed by atoms with Crippen molar-refractivity contribution in [3.05, 3.63) is 107 Å². The Kier molecular flexibility index (Phi) is 6.97. The number of hydrogen-bond acceptors (Lipinski definition) is 5. The van der Waals surface area contributed by atoms with Crippen LogP contribution in [0.2, 0.25) is 5.02 Å². The summed E-state index contributed by atoms with van der Waals surface area (Å²) < 4.78 is 11.0. The van der Waals surface area contributed by atoms with Crippen LogP contribution in [0.1, 0.15) is 15.9 Å². The van der Waals surface area contributed by atoms with Gasteiger partial charge in [0, 0.05) is 5.39 Å². The van der Waals surface area contributed by atoms with Gasteiger partial charge < -0.3 is 9.47 Å². The van der Waals surface area contributed by atoms with Crippen molar-refractivity contribution in [2.75, 3.05) is 6.61 Å². The maximum atomic E-state index is 12.3. The molecule has 0 radical (unpaired) electrons. The molecule has 164 valence electrons. The number of halogens is 1. The van der Waals surface area contributed by atoms with E-state index in [4.69, 9.17) is 21.1 Å². The number of carbonyl (C=O) groups is 2. The van der Waals surface area contributed by atoms with Crippen LogP contribution >= 0.6 is 11.6 Å². The molecule has 0 fully saturated rings. The van der Waals surface area contributed by atoms with Crippen LogP contribution in [0.5, 0.6) is 11.5 Å². The average molecular weight is 459 g/mol. The fourth-order valence-electron chi connectivity index (χ4n) is 3.12. The van der Waals surface area contributed by atoms with E-state index < -0.39 is 11.9 Å². The lowest BCUT2D eigenvalue weighted by Gasteiger charge is -2.08. The van der Waals surface area contributed by atoms with Crippen molar-refractivity contribution in [2.45, 2.75) is 0 Å². The molecule has 0 aromatic heterocycles. The third-order valence-corrected chi connectivity index (χ3v) is 5.00.